The van der Waals surface area contributed by atoms with Crippen molar-refractivity contribution in [3.8, 4) is 17.3 Å². The number of aryl methyl sites for hydroxylation is 1. The van der Waals surface area contributed by atoms with Crippen molar-refractivity contribution < 1.29 is 9.53 Å². The van der Waals surface area contributed by atoms with Gasteiger partial charge in [-0.3, -0.25) is 9.78 Å². The molecule has 0 aliphatic carbocycles. The minimum absolute atomic E-state index is 0.374. The van der Waals surface area contributed by atoms with Gasteiger partial charge in [-0.05, 0) is 12.1 Å². The maximum atomic E-state index is 10.2. The van der Waals surface area contributed by atoms with Crippen LogP contribution in [-0.4, -0.2) is 21.2 Å². The van der Waals surface area contributed by atoms with Crippen molar-refractivity contribution in [2.45, 2.75) is 0 Å². The topological polar surface area (TPSA) is 57.0 Å². The molecule has 0 aromatic carbocycles. The summed E-state index contributed by atoms with van der Waals surface area (Å²) < 4.78 is 6.22. The Balaban J connectivity index is 2.38. The van der Waals surface area contributed by atoms with Crippen molar-refractivity contribution in [2.24, 2.45) is 7.05 Å². The number of hydrogen-bond donors (Lipinski definition) is 0. The van der Waals surface area contributed by atoms with E-state index in [-0.39, 0.29) is 0 Å². The van der Waals surface area contributed by atoms with Gasteiger partial charge in [-0.2, -0.15) is 5.10 Å². The Bertz CT molecular complexity index is 465. The number of hydrogen-bond acceptors (Lipinski definition) is 4. The molecule has 0 fully saturated rings. The molecule has 0 N–H and O–H groups in total. The number of rotatable bonds is 3. The predicted octanol–water partition coefficient (Wildman–Crippen LogP) is 1.02. The molecule has 2 aromatic heterocycles. The molecule has 76 valence electrons. The van der Waals surface area contributed by atoms with Crippen LogP contribution in [0.15, 0.2) is 30.5 Å². The van der Waals surface area contributed by atoms with Gasteiger partial charge in [-0.15, -0.1) is 0 Å². The van der Waals surface area contributed by atoms with Gasteiger partial charge < -0.3 is 4.74 Å². The van der Waals surface area contributed by atoms with E-state index >= 15 is 0 Å². The average molecular weight is 203 g/mol. The zero-order valence-corrected chi connectivity index (χ0v) is 8.12. The van der Waals surface area contributed by atoms with Crippen LogP contribution in [0.3, 0.4) is 0 Å². The molecule has 2 aromatic rings. The summed E-state index contributed by atoms with van der Waals surface area (Å²) in [7, 11) is 1.70. The summed E-state index contributed by atoms with van der Waals surface area (Å²) in [6.45, 7) is 0.374. The Hall–Kier alpha value is -2.17. The summed E-state index contributed by atoms with van der Waals surface area (Å²) in [5, 5.41) is 4.17. The Morgan fingerprint density at radius 1 is 1.40 bits per heavy atom. The number of aromatic nitrogens is 3. The quantitative estimate of drug-likeness (QED) is 0.699. The van der Waals surface area contributed by atoms with E-state index in [1.54, 1.807) is 19.3 Å². The van der Waals surface area contributed by atoms with Gasteiger partial charge in [0.15, 0.2) is 0 Å². The van der Waals surface area contributed by atoms with Crippen LogP contribution in [0.25, 0.3) is 11.4 Å². The lowest BCUT2D eigenvalue weighted by molar-refractivity contribution is -0.121. The first kappa shape index (κ1) is 9.39. The molecule has 2 rings (SSSR count). The summed E-state index contributed by atoms with van der Waals surface area (Å²) in [4.78, 5) is 14.3. The van der Waals surface area contributed by atoms with E-state index in [9.17, 15) is 4.79 Å². The van der Waals surface area contributed by atoms with Crippen LogP contribution in [0.5, 0.6) is 5.88 Å². The highest BCUT2D eigenvalue weighted by Crippen LogP contribution is 2.19. The van der Waals surface area contributed by atoms with E-state index in [0.29, 0.717) is 18.0 Å². The van der Waals surface area contributed by atoms with Crippen LogP contribution >= 0.6 is 0 Å². The highest BCUT2D eigenvalue weighted by Gasteiger charge is 2.08. The summed E-state index contributed by atoms with van der Waals surface area (Å²) in [6.07, 6.45) is 1.68. The minimum atomic E-state index is 0.374. The third-order valence-corrected chi connectivity index (χ3v) is 1.93. The first-order valence-electron chi connectivity index (χ1n) is 4.37. The summed E-state index contributed by atoms with van der Waals surface area (Å²) in [6, 6.07) is 7.20. The summed E-state index contributed by atoms with van der Waals surface area (Å²) in [5.74, 6) is 0.394. The molecule has 0 saturated heterocycles. The monoisotopic (exact) mass is 203 g/mol. The van der Waals surface area contributed by atoms with Gasteiger partial charge in [-0.1, -0.05) is 6.07 Å². The van der Waals surface area contributed by atoms with Gasteiger partial charge in [0.1, 0.15) is 5.69 Å². The first-order chi connectivity index (χ1) is 7.31. The molecule has 0 aliphatic heterocycles. The molecular weight excluding hydrogens is 194 g/mol. The Morgan fingerprint density at radius 3 is 2.93 bits per heavy atom. The van der Waals surface area contributed by atoms with E-state index < -0.39 is 0 Å². The van der Waals surface area contributed by atoms with Crippen LogP contribution in [-0.2, 0) is 11.8 Å². The van der Waals surface area contributed by atoms with E-state index in [1.807, 2.05) is 18.2 Å². The third kappa shape index (κ3) is 1.85. The predicted molar refractivity (Wildman–Crippen MR) is 53.1 cm³/mol. The molecular formula is C10H9N3O2. The number of carbonyl (C=O) groups is 1. The van der Waals surface area contributed by atoms with Crippen LogP contribution in [0.4, 0.5) is 0 Å². The molecule has 5 nitrogen and oxygen atoms in total. The van der Waals surface area contributed by atoms with Gasteiger partial charge in [0, 0.05) is 19.3 Å². The first-order valence-corrected chi connectivity index (χ1v) is 4.37. The number of ether oxygens (including phenoxy) is 1. The Kier molecular flexibility index (Phi) is 2.45. The van der Waals surface area contributed by atoms with E-state index in [2.05, 4.69) is 10.1 Å². The molecule has 2 heterocycles. The molecule has 0 bridgehead atoms. The van der Waals surface area contributed by atoms with Crippen LogP contribution < -0.4 is 4.74 Å². The highest BCUT2D eigenvalue weighted by atomic mass is 16.5. The standard InChI is InChI=1S/C10H9N3O2/c1-13-10(15-7-14)6-9(12-13)8-4-2-3-5-11-8/h2-7H,1H3. The normalized spacial score (nSPS) is 9.93. The second-order valence-electron chi connectivity index (χ2n) is 2.92. The Morgan fingerprint density at radius 2 is 2.27 bits per heavy atom. The van der Waals surface area contributed by atoms with Crippen molar-refractivity contribution in [3.63, 3.8) is 0 Å². The molecule has 0 unspecified atom stereocenters. The molecule has 0 spiro atoms. The van der Waals surface area contributed by atoms with Crippen molar-refractivity contribution in [1.82, 2.24) is 14.8 Å². The number of nitrogens with zero attached hydrogens (tertiary/aromatic N) is 3. The number of carbonyl (C=O) groups excluding carboxylic acids is 1. The number of pyridine rings is 1. The van der Waals surface area contributed by atoms with Crippen LogP contribution in [0.2, 0.25) is 0 Å². The lowest BCUT2D eigenvalue weighted by atomic mass is 10.3. The fourth-order valence-electron chi connectivity index (χ4n) is 1.25. The summed E-state index contributed by atoms with van der Waals surface area (Å²) in [5.41, 5.74) is 1.42. The van der Waals surface area contributed by atoms with Gasteiger partial charge in [-0.25, -0.2) is 4.68 Å². The molecule has 0 radical (unpaired) electrons. The molecule has 5 heteroatoms. The molecule has 0 saturated carbocycles. The van der Waals surface area contributed by atoms with Gasteiger partial charge >= 0.3 is 0 Å². The van der Waals surface area contributed by atoms with E-state index in [1.165, 1.54) is 4.68 Å². The van der Waals surface area contributed by atoms with E-state index in [4.69, 9.17) is 4.74 Å². The third-order valence-electron chi connectivity index (χ3n) is 1.93. The lowest BCUT2D eigenvalue weighted by Crippen LogP contribution is -1.97. The average Bonchev–Trinajstić information content (AvgIpc) is 2.63. The zero-order valence-electron chi connectivity index (χ0n) is 8.12. The SMILES string of the molecule is Cn1nc(-c2ccccn2)cc1OC=O. The lowest BCUT2D eigenvalue weighted by Gasteiger charge is -1.94. The van der Waals surface area contributed by atoms with Crippen LogP contribution in [0, 0.1) is 0 Å². The van der Waals surface area contributed by atoms with Gasteiger partial charge in [0.05, 0.1) is 5.69 Å². The fourth-order valence-corrected chi connectivity index (χ4v) is 1.25. The molecule has 0 amide bonds. The maximum absolute atomic E-state index is 10.2. The minimum Gasteiger partial charge on any atom is -0.410 e. The van der Waals surface area contributed by atoms with Crippen LogP contribution in [0.1, 0.15) is 0 Å². The van der Waals surface area contributed by atoms with Crippen molar-refractivity contribution in [3.05, 3.63) is 30.5 Å². The molecule has 15 heavy (non-hydrogen) atoms. The second-order valence-corrected chi connectivity index (χ2v) is 2.92. The van der Waals surface area contributed by atoms with Gasteiger partial charge in [0.25, 0.3) is 6.47 Å². The molecule has 0 aliphatic rings. The van der Waals surface area contributed by atoms with E-state index in [0.717, 1.165) is 5.69 Å². The van der Waals surface area contributed by atoms with Gasteiger partial charge in [0.2, 0.25) is 5.88 Å². The van der Waals surface area contributed by atoms with Crippen molar-refractivity contribution >= 4 is 6.47 Å². The second kappa shape index (κ2) is 3.91. The summed E-state index contributed by atoms with van der Waals surface area (Å²) >= 11 is 0. The highest BCUT2D eigenvalue weighted by molar-refractivity contribution is 5.56. The maximum Gasteiger partial charge on any atom is 0.299 e. The zero-order chi connectivity index (χ0) is 10.7. The van der Waals surface area contributed by atoms with Crippen molar-refractivity contribution in [2.75, 3.05) is 0 Å². The fraction of sp³-hybridized carbons (Fsp3) is 0.100. The smallest absolute Gasteiger partial charge is 0.299 e. The van der Waals surface area contributed by atoms with Crippen molar-refractivity contribution in [1.29, 1.82) is 0 Å². The molecule has 0 atom stereocenters. The Labute approximate surface area is 86.3 Å². The largest absolute Gasteiger partial charge is 0.410 e.